The van der Waals surface area contributed by atoms with E-state index in [1.54, 1.807) is 13.0 Å². The maximum absolute atomic E-state index is 13.0. The zero-order valence-corrected chi connectivity index (χ0v) is 16.7. The molecule has 29 heavy (non-hydrogen) atoms. The minimum absolute atomic E-state index is 0.0184. The van der Waals surface area contributed by atoms with E-state index in [1.807, 2.05) is 38.1 Å². The molecule has 1 atom stereocenters. The summed E-state index contributed by atoms with van der Waals surface area (Å²) in [5.74, 6) is -1.35. The number of pyridine rings is 1. The fraction of sp³-hybridized carbons (Fsp3) is 0.318. The normalized spacial score (nSPS) is 16.6. The number of fused-ring (bicyclic) bond motifs is 1. The van der Waals surface area contributed by atoms with Gasteiger partial charge in [-0.2, -0.15) is 5.26 Å². The van der Waals surface area contributed by atoms with Gasteiger partial charge in [-0.05, 0) is 43.4 Å². The Balaban J connectivity index is 2.30. The summed E-state index contributed by atoms with van der Waals surface area (Å²) in [7, 11) is 0. The second-order valence-electron chi connectivity index (χ2n) is 6.88. The van der Waals surface area contributed by atoms with Crippen LogP contribution in [0, 0.1) is 18.3 Å². The molecule has 0 amide bonds. The fourth-order valence-corrected chi connectivity index (χ4v) is 3.52. The highest BCUT2D eigenvalue weighted by Gasteiger charge is 2.38. The van der Waals surface area contributed by atoms with Crippen molar-refractivity contribution in [3.63, 3.8) is 0 Å². The quantitative estimate of drug-likeness (QED) is 0.753. The molecule has 3 N–H and O–H groups in total. The van der Waals surface area contributed by atoms with Crippen molar-refractivity contribution >= 4 is 16.9 Å². The van der Waals surface area contributed by atoms with E-state index >= 15 is 0 Å². The molecule has 2 aromatic rings. The van der Waals surface area contributed by atoms with Crippen LogP contribution in [0.4, 0.5) is 0 Å². The second-order valence-corrected chi connectivity index (χ2v) is 6.88. The van der Waals surface area contributed by atoms with Crippen LogP contribution in [0.2, 0.25) is 0 Å². The van der Waals surface area contributed by atoms with E-state index in [0.29, 0.717) is 24.1 Å². The standard InChI is InChI=1S/C22H23N3O4/c1-4-6-17-19(22(27)28-5-2)18(15(11-23)20(24)29-17)14-10-13-8-7-12(3)9-16(13)25-21(14)26/h7-10,18H,4-6,24H2,1-3H3,(H,25,26)/t18-/m1/s1. The van der Waals surface area contributed by atoms with Crippen molar-refractivity contribution in [2.75, 3.05) is 6.61 Å². The SMILES string of the molecule is CCCC1=C(C(=O)OCC)[C@H](c2cc3ccc(C)cc3[nH]c2=O)C(C#N)=C(N)O1. The van der Waals surface area contributed by atoms with Crippen LogP contribution in [-0.4, -0.2) is 17.6 Å². The average Bonchev–Trinajstić information content (AvgIpc) is 2.67. The summed E-state index contributed by atoms with van der Waals surface area (Å²) in [5, 5.41) is 10.5. The van der Waals surface area contributed by atoms with Gasteiger partial charge in [0, 0.05) is 17.5 Å². The molecule has 1 aromatic heterocycles. The van der Waals surface area contributed by atoms with Gasteiger partial charge >= 0.3 is 5.97 Å². The third kappa shape index (κ3) is 3.74. The Morgan fingerprint density at radius 2 is 2.10 bits per heavy atom. The van der Waals surface area contributed by atoms with E-state index in [2.05, 4.69) is 4.98 Å². The van der Waals surface area contributed by atoms with Crippen LogP contribution in [0.1, 0.15) is 43.7 Å². The number of aromatic nitrogens is 1. The first kappa shape index (κ1) is 20.2. The number of nitrogens with zero attached hydrogens (tertiary/aromatic N) is 1. The number of carbonyl (C=O) groups excluding carboxylic acids is 1. The zero-order chi connectivity index (χ0) is 21.1. The van der Waals surface area contributed by atoms with Gasteiger partial charge in [0.15, 0.2) is 0 Å². The number of rotatable bonds is 5. The van der Waals surface area contributed by atoms with Crippen molar-refractivity contribution in [2.24, 2.45) is 5.73 Å². The van der Waals surface area contributed by atoms with Crippen molar-refractivity contribution in [1.82, 2.24) is 4.98 Å². The number of allylic oxidation sites excluding steroid dienone is 2. The Hall–Kier alpha value is -3.53. The highest BCUT2D eigenvalue weighted by atomic mass is 16.5. The van der Waals surface area contributed by atoms with Crippen molar-refractivity contribution in [3.8, 4) is 6.07 Å². The largest absolute Gasteiger partial charge is 0.463 e. The van der Waals surface area contributed by atoms with Gasteiger partial charge in [-0.3, -0.25) is 4.79 Å². The lowest BCUT2D eigenvalue weighted by molar-refractivity contribution is -0.139. The Kier molecular flexibility index (Phi) is 5.74. The molecule has 0 saturated carbocycles. The first-order chi connectivity index (χ1) is 13.9. The molecule has 7 heteroatoms. The molecule has 2 heterocycles. The van der Waals surface area contributed by atoms with E-state index in [4.69, 9.17) is 15.2 Å². The number of carbonyl (C=O) groups is 1. The minimum Gasteiger partial charge on any atom is -0.463 e. The lowest BCUT2D eigenvalue weighted by atomic mass is 9.82. The molecular weight excluding hydrogens is 370 g/mol. The van der Waals surface area contributed by atoms with Gasteiger partial charge < -0.3 is 20.2 Å². The molecule has 0 unspecified atom stereocenters. The van der Waals surface area contributed by atoms with Gasteiger partial charge in [-0.15, -0.1) is 0 Å². The van der Waals surface area contributed by atoms with Crippen LogP contribution in [0.5, 0.6) is 0 Å². The Labute approximate surface area is 168 Å². The van der Waals surface area contributed by atoms with Crippen molar-refractivity contribution in [2.45, 2.75) is 39.5 Å². The number of aromatic amines is 1. The smallest absolute Gasteiger partial charge is 0.338 e. The number of esters is 1. The van der Waals surface area contributed by atoms with Gasteiger partial charge in [0.1, 0.15) is 17.4 Å². The molecule has 0 saturated heterocycles. The predicted octanol–water partition coefficient (Wildman–Crippen LogP) is 3.26. The van der Waals surface area contributed by atoms with Crippen LogP contribution >= 0.6 is 0 Å². The molecule has 0 fully saturated rings. The summed E-state index contributed by atoms with van der Waals surface area (Å²) >= 11 is 0. The Morgan fingerprint density at radius 1 is 1.34 bits per heavy atom. The van der Waals surface area contributed by atoms with Crippen LogP contribution in [-0.2, 0) is 14.3 Å². The molecule has 1 aliphatic rings. The molecule has 0 aliphatic carbocycles. The molecule has 3 rings (SSSR count). The van der Waals surface area contributed by atoms with Crippen LogP contribution in [0.3, 0.4) is 0 Å². The maximum Gasteiger partial charge on any atom is 0.338 e. The van der Waals surface area contributed by atoms with Gasteiger partial charge in [-0.25, -0.2) is 4.79 Å². The van der Waals surface area contributed by atoms with E-state index in [9.17, 15) is 14.9 Å². The number of nitriles is 1. The number of aryl methyl sites for hydroxylation is 1. The van der Waals surface area contributed by atoms with Crippen LogP contribution in [0.25, 0.3) is 10.9 Å². The monoisotopic (exact) mass is 393 g/mol. The highest BCUT2D eigenvalue weighted by molar-refractivity contribution is 5.93. The highest BCUT2D eigenvalue weighted by Crippen LogP contribution is 2.40. The molecule has 1 aromatic carbocycles. The number of hydrogen-bond donors (Lipinski definition) is 2. The van der Waals surface area contributed by atoms with Crippen LogP contribution in [0.15, 0.2) is 51.8 Å². The number of H-pyrrole nitrogens is 1. The zero-order valence-electron chi connectivity index (χ0n) is 16.7. The van der Waals surface area contributed by atoms with E-state index in [-0.39, 0.29) is 29.2 Å². The topological polar surface area (TPSA) is 118 Å². The number of nitrogens with two attached hydrogens (primary N) is 1. The maximum atomic E-state index is 13.0. The third-order valence-electron chi connectivity index (χ3n) is 4.81. The summed E-state index contributed by atoms with van der Waals surface area (Å²) in [6.07, 6.45) is 1.11. The first-order valence-electron chi connectivity index (χ1n) is 9.52. The van der Waals surface area contributed by atoms with E-state index in [1.165, 1.54) is 0 Å². The minimum atomic E-state index is -0.955. The lowest BCUT2D eigenvalue weighted by Crippen LogP contribution is -2.29. The molecule has 7 nitrogen and oxygen atoms in total. The summed E-state index contributed by atoms with van der Waals surface area (Å²) in [4.78, 5) is 28.6. The molecule has 0 radical (unpaired) electrons. The number of benzene rings is 1. The fourth-order valence-electron chi connectivity index (χ4n) is 3.52. The summed E-state index contributed by atoms with van der Waals surface area (Å²) in [6, 6.07) is 9.37. The second kappa shape index (κ2) is 8.23. The summed E-state index contributed by atoms with van der Waals surface area (Å²) in [5.41, 5.74) is 7.70. The number of ether oxygens (including phenoxy) is 2. The number of nitrogens with one attached hydrogen (secondary N) is 1. The summed E-state index contributed by atoms with van der Waals surface area (Å²) in [6.45, 7) is 5.71. The predicted molar refractivity (Wildman–Crippen MR) is 109 cm³/mol. The van der Waals surface area contributed by atoms with E-state index < -0.39 is 17.4 Å². The lowest BCUT2D eigenvalue weighted by Gasteiger charge is -2.27. The van der Waals surface area contributed by atoms with Gasteiger partial charge in [0.25, 0.3) is 5.56 Å². The van der Waals surface area contributed by atoms with Gasteiger partial charge in [0.05, 0.1) is 18.1 Å². The molecule has 1 aliphatic heterocycles. The van der Waals surface area contributed by atoms with Crippen molar-refractivity contribution in [1.29, 1.82) is 5.26 Å². The molecule has 0 spiro atoms. The first-order valence-corrected chi connectivity index (χ1v) is 9.52. The number of hydrogen-bond acceptors (Lipinski definition) is 6. The Bertz CT molecular complexity index is 1130. The average molecular weight is 393 g/mol. The van der Waals surface area contributed by atoms with Gasteiger partial charge in [-0.1, -0.05) is 19.1 Å². The molecule has 150 valence electrons. The molecular formula is C22H23N3O4. The third-order valence-corrected chi connectivity index (χ3v) is 4.81. The van der Waals surface area contributed by atoms with Crippen molar-refractivity contribution < 1.29 is 14.3 Å². The van der Waals surface area contributed by atoms with E-state index in [0.717, 1.165) is 10.9 Å². The molecule has 0 bridgehead atoms. The Morgan fingerprint density at radius 3 is 2.76 bits per heavy atom. The summed E-state index contributed by atoms with van der Waals surface area (Å²) < 4.78 is 10.8. The van der Waals surface area contributed by atoms with Gasteiger partial charge in [0.2, 0.25) is 5.88 Å². The van der Waals surface area contributed by atoms with Crippen molar-refractivity contribution in [3.05, 3.63) is 68.5 Å². The van der Waals surface area contributed by atoms with Crippen LogP contribution < -0.4 is 11.3 Å².